The SMILES string of the molecule is CN1CCCN(C(=O)C(Cc2ccccc2)C(N)=S)CC1. The molecule has 1 saturated heterocycles. The summed E-state index contributed by atoms with van der Waals surface area (Å²) >= 11 is 5.14. The van der Waals surface area contributed by atoms with Crippen LogP contribution in [0, 0.1) is 5.92 Å². The first kappa shape index (κ1) is 15.9. The molecule has 1 fully saturated rings. The van der Waals surface area contributed by atoms with Crippen LogP contribution in [-0.2, 0) is 11.2 Å². The molecule has 1 heterocycles. The Morgan fingerprint density at radius 1 is 1.24 bits per heavy atom. The van der Waals surface area contributed by atoms with Crippen molar-refractivity contribution in [2.24, 2.45) is 11.7 Å². The van der Waals surface area contributed by atoms with Gasteiger partial charge in [0.25, 0.3) is 0 Å². The molecule has 0 saturated carbocycles. The van der Waals surface area contributed by atoms with Crippen molar-refractivity contribution in [1.29, 1.82) is 0 Å². The van der Waals surface area contributed by atoms with E-state index in [1.807, 2.05) is 35.2 Å². The number of thiocarbonyl (C=S) groups is 1. The molecule has 1 atom stereocenters. The van der Waals surface area contributed by atoms with Crippen molar-refractivity contribution in [3.63, 3.8) is 0 Å². The lowest BCUT2D eigenvalue weighted by Gasteiger charge is -2.25. The first-order chi connectivity index (χ1) is 10.1. The predicted octanol–water partition coefficient (Wildman–Crippen LogP) is 1.30. The molecule has 1 amide bonds. The van der Waals surface area contributed by atoms with Gasteiger partial charge >= 0.3 is 0 Å². The Balaban J connectivity index is 2.06. The van der Waals surface area contributed by atoms with Gasteiger partial charge in [-0.3, -0.25) is 4.79 Å². The lowest BCUT2D eigenvalue weighted by atomic mass is 9.97. The Hall–Kier alpha value is -1.46. The van der Waals surface area contributed by atoms with E-state index in [9.17, 15) is 4.79 Å². The number of likely N-dealkylation sites (N-methyl/N-ethyl adjacent to an activating group) is 1. The zero-order valence-electron chi connectivity index (χ0n) is 12.5. The zero-order chi connectivity index (χ0) is 15.2. The molecule has 0 bridgehead atoms. The van der Waals surface area contributed by atoms with Gasteiger partial charge in [-0.1, -0.05) is 42.5 Å². The number of amides is 1. The van der Waals surface area contributed by atoms with Crippen LogP contribution in [0.4, 0.5) is 0 Å². The second kappa shape index (κ2) is 7.52. The second-order valence-corrected chi connectivity index (χ2v) is 6.10. The Bertz CT molecular complexity index is 492. The summed E-state index contributed by atoms with van der Waals surface area (Å²) < 4.78 is 0. The average Bonchev–Trinajstić information content (AvgIpc) is 2.69. The zero-order valence-corrected chi connectivity index (χ0v) is 13.3. The second-order valence-electron chi connectivity index (χ2n) is 5.63. The van der Waals surface area contributed by atoms with Gasteiger partial charge in [-0.05, 0) is 32.0 Å². The maximum Gasteiger partial charge on any atom is 0.232 e. The normalized spacial score (nSPS) is 18.0. The van der Waals surface area contributed by atoms with Gasteiger partial charge in [-0.15, -0.1) is 0 Å². The van der Waals surface area contributed by atoms with Crippen LogP contribution < -0.4 is 5.73 Å². The molecule has 0 aliphatic carbocycles. The fraction of sp³-hybridized carbons (Fsp3) is 0.500. The van der Waals surface area contributed by atoms with Crippen LogP contribution in [0.2, 0.25) is 0 Å². The van der Waals surface area contributed by atoms with Crippen LogP contribution in [0.3, 0.4) is 0 Å². The molecule has 1 aliphatic heterocycles. The fourth-order valence-electron chi connectivity index (χ4n) is 2.65. The summed E-state index contributed by atoms with van der Waals surface area (Å²) in [6.45, 7) is 3.47. The molecule has 0 spiro atoms. The quantitative estimate of drug-likeness (QED) is 0.852. The molecule has 4 nitrogen and oxygen atoms in total. The maximum absolute atomic E-state index is 12.7. The lowest BCUT2D eigenvalue weighted by Crippen LogP contribution is -2.43. The molecule has 5 heteroatoms. The average molecular weight is 305 g/mol. The molecule has 2 rings (SSSR count). The standard InChI is InChI=1S/C16H23N3OS/c1-18-8-5-9-19(11-10-18)16(20)14(15(17)21)12-13-6-3-2-4-7-13/h2-4,6-7,14H,5,8-12H2,1H3,(H2,17,21). The van der Waals surface area contributed by atoms with E-state index >= 15 is 0 Å². The van der Waals surface area contributed by atoms with Crippen LogP contribution in [0.1, 0.15) is 12.0 Å². The van der Waals surface area contributed by atoms with Crippen molar-refractivity contribution in [3.8, 4) is 0 Å². The van der Waals surface area contributed by atoms with E-state index in [0.717, 1.165) is 38.2 Å². The van der Waals surface area contributed by atoms with Gasteiger partial charge in [-0.25, -0.2) is 0 Å². The van der Waals surface area contributed by atoms with Crippen molar-refractivity contribution >= 4 is 23.1 Å². The molecule has 2 N–H and O–H groups in total. The number of nitrogens with zero attached hydrogens (tertiary/aromatic N) is 2. The molecular formula is C16H23N3OS. The molecule has 21 heavy (non-hydrogen) atoms. The summed E-state index contributed by atoms with van der Waals surface area (Å²) in [4.78, 5) is 17.2. The van der Waals surface area contributed by atoms with Crippen LogP contribution in [0.15, 0.2) is 30.3 Å². The topological polar surface area (TPSA) is 49.6 Å². The summed E-state index contributed by atoms with van der Waals surface area (Å²) in [5.41, 5.74) is 6.93. The summed E-state index contributed by atoms with van der Waals surface area (Å²) in [5, 5.41) is 0. The molecule has 0 aromatic heterocycles. The Morgan fingerprint density at radius 2 is 1.95 bits per heavy atom. The Morgan fingerprint density at radius 3 is 2.62 bits per heavy atom. The summed E-state index contributed by atoms with van der Waals surface area (Å²) in [6.07, 6.45) is 1.58. The molecule has 0 radical (unpaired) electrons. The van der Waals surface area contributed by atoms with E-state index in [0.29, 0.717) is 11.4 Å². The fourth-order valence-corrected chi connectivity index (χ4v) is 2.83. The van der Waals surface area contributed by atoms with E-state index in [-0.39, 0.29) is 5.91 Å². The molecule has 1 aliphatic rings. The van der Waals surface area contributed by atoms with Crippen molar-refractivity contribution in [2.45, 2.75) is 12.8 Å². The minimum Gasteiger partial charge on any atom is -0.393 e. The van der Waals surface area contributed by atoms with Gasteiger partial charge < -0.3 is 15.5 Å². The van der Waals surface area contributed by atoms with E-state index in [1.165, 1.54) is 0 Å². The first-order valence-electron chi connectivity index (χ1n) is 7.38. The van der Waals surface area contributed by atoms with Crippen LogP contribution in [0.5, 0.6) is 0 Å². The highest BCUT2D eigenvalue weighted by Crippen LogP contribution is 2.14. The summed E-state index contributed by atoms with van der Waals surface area (Å²) in [5.74, 6) is -0.326. The molecular weight excluding hydrogens is 282 g/mol. The number of hydrogen-bond donors (Lipinski definition) is 1. The number of carbonyl (C=O) groups excluding carboxylic acids is 1. The van der Waals surface area contributed by atoms with Gasteiger partial charge in [0, 0.05) is 19.6 Å². The summed E-state index contributed by atoms with van der Waals surface area (Å²) in [6, 6.07) is 9.92. The van der Waals surface area contributed by atoms with E-state index in [2.05, 4.69) is 11.9 Å². The largest absolute Gasteiger partial charge is 0.393 e. The minimum absolute atomic E-state index is 0.0710. The van der Waals surface area contributed by atoms with Crippen LogP contribution in [0.25, 0.3) is 0 Å². The van der Waals surface area contributed by atoms with E-state index in [4.69, 9.17) is 18.0 Å². The summed E-state index contributed by atoms with van der Waals surface area (Å²) in [7, 11) is 2.09. The third kappa shape index (κ3) is 4.51. The number of benzene rings is 1. The maximum atomic E-state index is 12.7. The van der Waals surface area contributed by atoms with Gasteiger partial charge in [0.15, 0.2) is 0 Å². The van der Waals surface area contributed by atoms with Crippen molar-refractivity contribution in [3.05, 3.63) is 35.9 Å². The van der Waals surface area contributed by atoms with Crippen molar-refractivity contribution in [1.82, 2.24) is 9.80 Å². The smallest absolute Gasteiger partial charge is 0.232 e. The number of rotatable bonds is 4. The first-order valence-corrected chi connectivity index (χ1v) is 7.79. The molecule has 114 valence electrons. The van der Waals surface area contributed by atoms with Crippen molar-refractivity contribution in [2.75, 3.05) is 33.2 Å². The van der Waals surface area contributed by atoms with Gasteiger partial charge in [0.2, 0.25) is 5.91 Å². The lowest BCUT2D eigenvalue weighted by molar-refractivity contribution is -0.133. The highest BCUT2D eigenvalue weighted by atomic mass is 32.1. The predicted molar refractivity (Wildman–Crippen MR) is 89.1 cm³/mol. The number of hydrogen-bond acceptors (Lipinski definition) is 3. The van der Waals surface area contributed by atoms with Gasteiger partial charge in [0.1, 0.15) is 0 Å². The Kier molecular flexibility index (Phi) is 5.70. The Labute approximate surface area is 131 Å². The van der Waals surface area contributed by atoms with Gasteiger partial charge in [0.05, 0.1) is 10.9 Å². The van der Waals surface area contributed by atoms with E-state index in [1.54, 1.807) is 0 Å². The number of nitrogens with two attached hydrogens (primary N) is 1. The number of carbonyl (C=O) groups is 1. The van der Waals surface area contributed by atoms with Crippen molar-refractivity contribution < 1.29 is 4.79 Å². The monoisotopic (exact) mass is 305 g/mol. The van der Waals surface area contributed by atoms with Crippen LogP contribution in [-0.4, -0.2) is 53.9 Å². The van der Waals surface area contributed by atoms with Crippen LogP contribution >= 0.6 is 12.2 Å². The third-order valence-corrected chi connectivity index (χ3v) is 4.24. The minimum atomic E-state index is -0.397. The van der Waals surface area contributed by atoms with Gasteiger partial charge in [-0.2, -0.15) is 0 Å². The van der Waals surface area contributed by atoms with E-state index < -0.39 is 5.92 Å². The molecule has 1 aromatic rings. The molecule has 1 unspecified atom stereocenters. The third-order valence-electron chi connectivity index (χ3n) is 3.96. The highest BCUT2D eigenvalue weighted by Gasteiger charge is 2.27. The molecule has 1 aromatic carbocycles. The highest BCUT2D eigenvalue weighted by molar-refractivity contribution is 7.80.